The second-order valence-electron chi connectivity index (χ2n) is 4.61. The summed E-state index contributed by atoms with van der Waals surface area (Å²) in [7, 11) is 4.11. The number of carbonyl (C=O) groups excluding carboxylic acids is 1. The van der Waals surface area contributed by atoms with Gasteiger partial charge in [0.05, 0.1) is 26.7 Å². The SMILES string of the molecule is COCC[N+]1(C)CCCC1.CSCCC(=O)[O-]. The number of nitrogens with zero attached hydrogens (tertiary/aromatic N) is 1. The normalized spacial score (nSPS) is 17.4. The quantitative estimate of drug-likeness (QED) is 0.649. The summed E-state index contributed by atoms with van der Waals surface area (Å²) >= 11 is 1.51. The second kappa shape index (κ2) is 9.74. The molecule has 17 heavy (non-hydrogen) atoms. The Labute approximate surface area is 109 Å². The molecule has 1 aliphatic rings. The number of methoxy groups -OCH3 is 1. The zero-order valence-corrected chi connectivity index (χ0v) is 12.1. The molecule has 0 spiro atoms. The van der Waals surface area contributed by atoms with Gasteiger partial charge in [-0.2, -0.15) is 11.8 Å². The molecule has 0 N–H and O–H groups in total. The number of carbonyl (C=O) groups is 1. The summed E-state index contributed by atoms with van der Waals surface area (Å²) in [5.74, 6) is -0.308. The average Bonchev–Trinajstić information content (AvgIpc) is 2.72. The van der Waals surface area contributed by atoms with Gasteiger partial charge < -0.3 is 19.1 Å². The van der Waals surface area contributed by atoms with E-state index in [1.807, 2.05) is 6.26 Å². The minimum absolute atomic E-state index is 0.168. The van der Waals surface area contributed by atoms with Gasteiger partial charge in [-0.05, 0) is 18.4 Å². The molecule has 0 atom stereocenters. The number of rotatable bonds is 6. The molecule has 0 bridgehead atoms. The maximum Gasteiger partial charge on any atom is 0.102 e. The van der Waals surface area contributed by atoms with E-state index in [0.717, 1.165) is 6.61 Å². The molecular formula is C12H25NO3S. The highest BCUT2D eigenvalue weighted by atomic mass is 32.2. The van der Waals surface area contributed by atoms with Gasteiger partial charge in [0, 0.05) is 25.9 Å². The van der Waals surface area contributed by atoms with E-state index in [2.05, 4.69) is 7.05 Å². The molecule has 0 aliphatic carbocycles. The van der Waals surface area contributed by atoms with Gasteiger partial charge in [0.25, 0.3) is 0 Å². The highest BCUT2D eigenvalue weighted by molar-refractivity contribution is 7.98. The monoisotopic (exact) mass is 263 g/mol. The molecule has 0 unspecified atom stereocenters. The third kappa shape index (κ3) is 9.44. The summed E-state index contributed by atoms with van der Waals surface area (Å²) in [6.07, 6.45) is 4.84. The van der Waals surface area contributed by atoms with E-state index < -0.39 is 5.97 Å². The summed E-state index contributed by atoms with van der Waals surface area (Å²) < 4.78 is 6.28. The largest absolute Gasteiger partial charge is 0.550 e. The summed E-state index contributed by atoms with van der Waals surface area (Å²) in [5, 5.41) is 9.63. The van der Waals surface area contributed by atoms with Gasteiger partial charge in [-0.15, -0.1) is 0 Å². The molecule has 0 aromatic heterocycles. The summed E-state index contributed by atoms with van der Waals surface area (Å²) in [4.78, 5) is 9.63. The first-order valence-electron chi connectivity index (χ1n) is 6.05. The predicted molar refractivity (Wildman–Crippen MR) is 69.9 cm³/mol. The van der Waals surface area contributed by atoms with Gasteiger partial charge in [0.2, 0.25) is 0 Å². The predicted octanol–water partition coefficient (Wildman–Crippen LogP) is 0.363. The van der Waals surface area contributed by atoms with Crippen LogP contribution in [0.2, 0.25) is 0 Å². The van der Waals surface area contributed by atoms with Gasteiger partial charge >= 0.3 is 0 Å². The molecule has 102 valence electrons. The molecule has 1 heterocycles. The van der Waals surface area contributed by atoms with Crippen molar-refractivity contribution in [3.63, 3.8) is 0 Å². The van der Waals surface area contributed by atoms with Crippen LogP contribution in [-0.4, -0.2) is 62.9 Å². The standard InChI is InChI=1S/C8H18NO.C4H8O2S/c1-9(7-8-10-2)5-3-4-6-9;1-7-3-2-4(5)6/h3-8H2,1-2H3;2-3H2,1H3,(H,5,6)/q+1;/p-1. The number of aliphatic carboxylic acids is 1. The number of ether oxygens (including phenoxy) is 1. The lowest BCUT2D eigenvalue weighted by atomic mass is 10.4. The van der Waals surface area contributed by atoms with Gasteiger partial charge in [0.15, 0.2) is 0 Å². The Morgan fingerprint density at radius 2 is 2.00 bits per heavy atom. The van der Waals surface area contributed by atoms with Crippen molar-refractivity contribution in [2.24, 2.45) is 0 Å². The summed E-state index contributed by atoms with van der Waals surface area (Å²) in [6, 6.07) is 0. The number of hydrogen-bond acceptors (Lipinski definition) is 4. The van der Waals surface area contributed by atoms with Crippen molar-refractivity contribution >= 4 is 17.7 Å². The van der Waals surface area contributed by atoms with Crippen molar-refractivity contribution in [2.45, 2.75) is 19.3 Å². The van der Waals surface area contributed by atoms with Gasteiger partial charge in [-0.3, -0.25) is 0 Å². The lowest BCUT2D eigenvalue weighted by Gasteiger charge is -2.28. The van der Waals surface area contributed by atoms with Crippen molar-refractivity contribution in [3.8, 4) is 0 Å². The van der Waals surface area contributed by atoms with Crippen molar-refractivity contribution in [1.82, 2.24) is 0 Å². The van der Waals surface area contributed by atoms with Crippen LogP contribution in [0.5, 0.6) is 0 Å². The molecule has 1 rings (SSSR count). The third-order valence-electron chi connectivity index (χ3n) is 2.99. The van der Waals surface area contributed by atoms with E-state index in [1.165, 1.54) is 48.7 Å². The first kappa shape index (κ1) is 16.7. The first-order valence-corrected chi connectivity index (χ1v) is 7.45. The van der Waals surface area contributed by atoms with E-state index in [1.54, 1.807) is 7.11 Å². The molecule has 5 heteroatoms. The number of carboxylic acids is 1. The Bertz CT molecular complexity index is 206. The zero-order chi connectivity index (χ0) is 13.1. The molecule has 1 aliphatic heterocycles. The molecule has 0 amide bonds. The smallest absolute Gasteiger partial charge is 0.102 e. The highest BCUT2D eigenvalue weighted by Gasteiger charge is 2.25. The summed E-state index contributed by atoms with van der Waals surface area (Å²) in [6.45, 7) is 4.81. The van der Waals surface area contributed by atoms with Crippen LogP contribution in [-0.2, 0) is 9.53 Å². The molecule has 4 nitrogen and oxygen atoms in total. The first-order chi connectivity index (χ1) is 8.04. The van der Waals surface area contributed by atoms with Crippen LogP contribution in [0.3, 0.4) is 0 Å². The molecule has 1 fully saturated rings. The van der Waals surface area contributed by atoms with Gasteiger partial charge in [0.1, 0.15) is 6.54 Å². The van der Waals surface area contributed by atoms with Crippen LogP contribution in [0, 0.1) is 0 Å². The number of quaternary nitrogens is 1. The Kier molecular flexibility index (Phi) is 9.59. The van der Waals surface area contributed by atoms with Crippen LogP contribution >= 0.6 is 11.8 Å². The number of likely N-dealkylation sites (N-methyl/N-ethyl adjacent to an activating group) is 1. The highest BCUT2D eigenvalue weighted by Crippen LogP contribution is 2.15. The maximum atomic E-state index is 9.63. The molecular weight excluding hydrogens is 238 g/mol. The van der Waals surface area contributed by atoms with Crippen molar-refractivity contribution < 1.29 is 19.1 Å². The minimum Gasteiger partial charge on any atom is -0.550 e. The van der Waals surface area contributed by atoms with Gasteiger partial charge in [-0.25, -0.2) is 0 Å². The Balaban J connectivity index is 0.000000325. The summed E-state index contributed by atoms with van der Waals surface area (Å²) in [5.41, 5.74) is 0. The van der Waals surface area contributed by atoms with Crippen molar-refractivity contribution in [2.75, 3.05) is 52.4 Å². The molecule has 0 saturated carbocycles. The molecule has 0 aromatic carbocycles. The van der Waals surface area contributed by atoms with Crippen molar-refractivity contribution in [3.05, 3.63) is 0 Å². The zero-order valence-electron chi connectivity index (χ0n) is 11.2. The number of thioether (sulfide) groups is 1. The van der Waals surface area contributed by atoms with E-state index >= 15 is 0 Å². The van der Waals surface area contributed by atoms with Crippen LogP contribution in [0.25, 0.3) is 0 Å². The average molecular weight is 263 g/mol. The topological polar surface area (TPSA) is 49.4 Å². The van der Waals surface area contributed by atoms with Crippen LogP contribution < -0.4 is 5.11 Å². The second-order valence-corrected chi connectivity index (χ2v) is 5.59. The maximum absolute atomic E-state index is 9.63. The Morgan fingerprint density at radius 3 is 2.35 bits per heavy atom. The number of likely N-dealkylation sites (tertiary alicyclic amines) is 1. The fourth-order valence-electron chi connectivity index (χ4n) is 1.82. The lowest BCUT2D eigenvalue weighted by Crippen LogP contribution is -2.43. The van der Waals surface area contributed by atoms with E-state index in [4.69, 9.17) is 4.74 Å². The van der Waals surface area contributed by atoms with Crippen molar-refractivity contribution in [1.29, 1.82) is 0 Å². The van der Waals surface area contributed by atoms with Crippen LogP contribution in [0.1, 0.15) is 19.3 Å². The Hall–Kier alpha value is -0.260. The third-order valence-corrected chi connectivity index (χ3v) is 3.60. The minimum atomic E-state index is -0.964. The lowest BCUT2D eigenvalue weighted by molar-refractivity contribution is -0.897. The molecule has 1 saturated heterocycles. The molecule has 0 aromatic rings. The Morgan fingerprint density at radius 1 is 1.41 bits per heavy atom. The van der Waals surface area contributed by atoms with Crippen LogP contribution in [0.15, 0.2) is 0 Å². The fourth-order valence-corrected chi connectivity index (χ4v) is 2.19. The van der Waals surface area contributed by atoms with E-state index in [9.17, 15) is 9.90 Å². The number of hydrogen-bond donors (Lipinski definition) is 0. The van der Waals surface area contributed by atoms with E-state index in [-0.39, 0.29) is 6.42 Å². The fraction of sp³-hybridized carbons (Fsp3) is 0.917. The van der Waals surface area contributed by atoms with Crippen LogP contribution in [0.4, 0.5) is 0 Å². The molecule has 0 radical (unpaired) electrons. The van der Waals surface area contributed by atoms with Gasteiger partial charge in [-0.1, -0.05) is 0 Å². The van der Waals surface area contributed by atoms with E-state index in [0.29, 0.717) is 5.75 Å². The number of carboxylic acid groups (broad SMARTS) is 1.